The minimum absolute atomic E-state index is 0.136. The van der Waals surface area contributed by atoms with Gasteiger partial charge in [-0.25, -0.2) is 0 Å². The second-order valence-corrected chi connectivity index (χ2v) is 4.80. The third-order valence-corrected chi connectivity index (χ3v) is 2.38. The number of hydrogen-bond acceptors (Lipinski definition) is 2. The van der Waals surface area contributed by atoms with Crippen molar-refractivity contribution in [1.29, 1.82) is 0 Å². The van der Waals surface area contributed by atoms with Crippen molar-refractivity contribution in [3.63, 3.8) is 0 Å². The first-order valence-electron chi connectivity index (χ1n) is 5.65. The molecule has 0 amide bonds. The maximum absolute atomic E-state index is 10.3. The van der Waals surface area contributed by atoms with E-state index in [0.29, 0.717) is 18.3 Å². The topological polar surface area (TPSA) is 26.3 Å². The van der Waals surface area contributed by atoms with Crippen molar-refractivity contribution in [3.8, 4) is 0 Å². The van der Waals surface area contributed by atoms with E-state index in [1.807, 2.05) is 0 Å². The highest BCUT2D eigenvalue weighted by Gasteiger charge is 2.10. The molecule has 0 atom stereocenters. The maximum Gasteiger partial charge on any atom is 0.293 e. The first-order valence-corrected chi connectivity index (χ1v) is 5.65. The smallest absolute Gasteiger partial charge is 0.293 e. The van der Waals surface area contributed by atoms with Crippen molar-refractivity contribution in [2.24, 2.45) is 11.8 Å². The van der Waals surface area contributed by atoms with E-state index < -0.39 is 0 Å². The predicted molar refractivity (Wildman–Crippen MR) is 59.1 cm³/mol. The summed E-state index contributed by atoms with van der Waals surface area (Å²) in [6.07, 6.45) is 4.41. The van der Waals surface area contributed by atoms with Gasteiger partial charge in [0, 0.05) is 0 Å². The summed E-state index contributed by atoms with van der Waals surface area (Å²) in [5.74, 6) is 1.37. The Labute approximate surface area is 88.0 Å². The Morgan fingerprint density at radius 1 is 0.929 bits per heavy atom. The lowest BCUT2D eigenvalue weighted by atomic mass is 9.99. The fraction of sp³-hybridized carbons (Fsp3) is 0.917. The highest BCUT2D eigenvalue weighted by atomic mass is 16.5. The Morgan fingerprint density at radius 3 is 1.64 bits per heavy atom. The Hall–Kier alpha value is -0.530. The van der Waals surface area contributed by atoms with Gasteiger partial charge in [-0.2, -0.15) is 0 Å². The molecule has 0 spiro atoms. The van der Waals surface area contributed by atoms with Gasteiger partial charge in [-0.3, -0.25) is 4.79 Å². The summed E-state index contributed by atoms with van der Waals surface area (Å²) in [7, 11) is 0. The van der Waals surface area contributed by atoms with Crippen molar-refractivity contribution in [2.75, 3.05) is 0 Å². The monoisotopic (exact) mass is 200 g/mol. The van der Waals surface area contributed by atoms with E-state index >= 15 is 0 Å². The van der Waals surface area contributed by atoms with Gasteiger partial charge in [-0.1, -0.05) is 27.7 Å². The predicted octanol–water partition coefficient (Wildman–Crippen LogP) is 3.40. The van der Waals surface area contributed by atoms with Crippen LogP contribution in [0.15, 0.2) is 0 Å². The van der Waals surface area contributed by atoms with Gasteiger partial charge in [0.05, 0.1) is 0 Å². The quantitative estimate of drug-likeness (QED) is 0.561. The van der Waals surface area contributed by atoms with Crippen LogP contribution in [0.4, 0.5) is 0 Å². The molecular weight excluding hydrogens is 176 g/mol. The number of rotatable bonds is 8. The van der Waals surface area contributed by atoms with E-state index in [9.17, 15) is 4.79 Å². The SMILES string of the molecule is CC(C)CCC(CCC(C)C)OC=O. The summed E-state index contributed by atoms with van der Waals surface area (Å²) in [6.45, 7) is 9.37. The van der Waals surface area contributed by atoms with Crippen LogP contribution in [0.25, 0.3) is 0 Å². The van der Waals surface area contributed by atoms with E-state index in [-0.39, 0.29) is 6.10 Å². The number of ether oxygens (including phenoxy) is 1. The molecule has 0 heterocycles. The van der Waals surface area contributed by atoms with Gasteiger partial charge in [0.15, 0.2) is 0 Å². The van der Waals surface area contributed by atoms with Gasteiger partial charge < -0.3 is 4.74 Å². The average molecular weight is 200 g/mol. The lowest BCUT2D eigenvalue weighted by Crippen LogP contribution is -2.14. The van der Waals surface area contributed by atoms with Crippen LogP contribution in [0.1, 0.15) is 53.4 Å². The molecule has 14 heavy (non-hydrogen) atoms. The molecule has 0 fully saturated rings. The summed E-state index contributed by atoms with van der Waals surface area (Å²) in [4.78, 5) is 10.3. The van der Waals surface area contributed by atoms with Crippen molar-refractivity contribution >= 4 is 6.47 Å². The Balaban J connectivity index is 3.70. The van der Waals surface area contributed by atoms with Crippen molar-refractivity contribution < 1.29 is 9.53 Å². The molecule has 0 bridgehead atoms. The highest BCUT2D eigenvalue weighted by Crippen LogP contribution is 2.16. The number of carbonyl (C=O) groups is 1. The van der Waals surface area contributed by atoms with Gasteiger partial charge in [0.2, 0.25) is 0 Å². The third-order valence-electron chi connectivity index (χ3n) is 2.38. The van der Waals surface area contributed by atoms with Gasteiger partial charge in [0.25, 0.3) is 6.47 Å². The number of carbonyl (C=O) groups excluding carboxylic acids is 1. The van der Waals surface area contributed by atoms with E-state index in [1.165, 1.54) is 0 Å². The van der Waals surface area contributed by atoms with Crippen molar-refractivity contribution in [3.05, 3.63) is 0 Å². The standard InChI is InChI=1S/C12H24O2/c1-10(2)5-7-12(14-9-13)8-6-11(3)4/h9-12H,5-8H2,1-4H3. The second kappa shape index (κ2) is 7.84. The summed E-state index contributed by atoms with van der Waals surface area (Å²) in [5, 5.41) is 0. The summed E-state index contributed by atoms with van der Waals surface area (Å²) in [5.41, 5.74) is 0. The molecule has 0 N–H and O–H groups in total. The molecule has 2 heteroatoms. The molecule has 0 aliphatic carbocycles. The van der Waals surface area contributed by atoms with Crippen LogP contribution in [0.3, 0.4) is 0 Å². The lowest BCUT2D eigenvalue weighted by molar-refractivity contribution is -0.134. The molecular formula is C12H24O2. The maximum atomic E-state index is 10.3. The van der Waals surface area contributed by atoms with Crippen LogP contribution in [0.2, 0.25) is 0 Å². The second-order valence-electron chi connectivity index (χ2n) is 4.80. The molecule has 0 aromatic carbocycles. The largest absolute Gasteiger partial charge is 0.465 e. The molecule has 0 radical (unpaired) electrons. The summed E-state index contributed by atoms with van der Waals surface area (Å²) >= 11 is 0. The minimum atomic E-state index is 0.136. The lowest BCUT2D eigenvalue weighted by Gasteiger charge is -2.17. The van der Waals surface area contributed by atoms with Crippen LogP contribution in [0, 0.1) is 11.8 Å². The average Bonchev–Trinajstić information content (AvgIpc) is 2.09. The number of hydrogen-bond donors (Lipinski definition) is 0. The van der Waals surface area contributed by atoms with E-state index in [1.54, 1.807) is 0 Å². The summed E-state index contributed by atoms with van der Waals surface area (Å²) < 4.78 is 5.06. The van der Waals surface area contributed by atoms with Gasteiger partial charge in [-0.15, -0.1) is 0 Å². The zero-order valence-electron chi connectivity index (χ0n) is 9.95. The summed E-state index contributed by atoms with van der Waals surface area (Å²) in [6, 6.07) is 0. The van der Waals surface area contributed by atoms with Gasteiger partial charge in [-0.05, 0) is 37.5 Å². The van der Waals surface area contributed by atoms with Crippen LogP contribution in [-0.4, -0.2) is 12.6 Å². The third kappa shape index (κ3) is 8.09. The Morgan fingerprint density at radius 2 is 1.36 bits per heavy atom. The molecule has 0 saturated heterocycles. The van der Waals surface area contributed by atoms with Gasteiger partial charge >= 0.3 is 0 Å². The van der Waals surface area contributed by atoms with Gasteiger partial charge in [0.1, 0.15) is 6.10 Å². The van der Waals surface area contributed by atoms with E-state index in [4.69, 9.17) is 4.74 Å². The molecule has 0 aliphatic rings. The van der Waals surface area contributed by atoms with Crippen molar-refractivity contribution in [1.82, 2.24) is 0 Å². The Kier molecular flexibility index (Phi) is 7.54. The Bertz CT molecular complexity index is 129. The molecule has 0 aliphatic heterocycles. The molecule has 0 aromatic rings. The van der Waals surface area contributed by atoms with E-state index in [0.717, 1.165) is 25.7 Å². The van der Waals surface area contributed by atoms with Crippen LogP contribution in [-0.2, 0) is 9.53 Å². The molecule has 0 aromatic heterocycles. The van der Waals surface area contributed by atoms with E-state index in [2.05, 4.69) is 27.7 Å². The highest BCUT2D eigenvalue weighted by molar-refractivity contribution is 5.37. The normalized spacial score (nSPS) is 11.4. The molecule has 2 nitrogen and oxygen atoms in total. The van der Waals surface area contributed by atoms with Crippen LogP contribution < -0.4 is 0 Å². The first kappa shape index (κ1) is 13.5. The minimum Gasteiger partial charge on any atom is -0.465 e. The molecule has 0 saturated carbocycles. The zero-order chi connectivity index (χ0) is 11.0. The fourth-order valence-electron chi connectivity index (χ4n) is 1.40. The molecule has 0 rings (SSSR count). The molecule has 84 valence electrons. The zero-order valence-corrected chi connectivity index (χ0v) is 9.95. The van der Waals surface area contributed by atoms with Crippen LogP contribution >= 0.6 is 0 Å². The van der Waals surface area contributed by atoms with Crippen LogP contribution in [0.5, 0.6) is 0 Å². The first-order chi connectivity index (χ1) is 6.56. The fourth-order valence-corrected chi connectivity index (χ4v) is 1.40. The van der Waals surface area contributed by atoms with Crippen molar-refractivity contribution in [2.45, 2.75) is 59.5 Å². The molecule has 0 unspecified atom stereocenters.